The summed E-state index contributed by atoms with van der Waals surface area (Å²) in [5, 5.41) is 2.90. The molecule has 2 amide bonds. The quantitative estimate of drug-likeness (QED) is 0.343. The van der Waals surface area contributed by atoms with Crippen molar-refractivity contribution in [3.63, 3.8) is 0 Å². The number of anilines is 1. The molecular weight excluding hydrogens is 541 g/mol. The van der Waals surface area contributed by atoms with E-state index in [0.29, 0.717) is 11.3 Å². The maximum absolute atomic E-state index is 14.1. The van der Waals surface area contributed by atoms with Crippen molar-refractivity contribution >= 4 is 27.5 Å². The van der Waals surface area contributed by atoms with E-state index in [4.69, 9.17) is 0 Å². The molecule has 9 heteroatoms. The maximum atomic E-state index is 14.1. The Kier molecular flexibility index (Phi) is 10.3. The van der Waals surface area contributed by atoms with Crippen LogP contribution in [0.3, 0.4) is 0 Å². The lowest BCUT2D eigenvalue weighted by Crippen LogP contribution is -2.54. The summed E-state index contributed by atoms with van der Waals surface area (Å²) >= 11 is 0. The Morgan fingerprint density at radius 2 is 1.46 bits per heavy atom. The van der Waals surface area contributed by atoms with Crippen molar-refractivity contribution in [2.24, 2.45) is 0 Å². The Morgan fingerprint density at radius 3 is 1.98 bits per heavy atom. The van der Waals surface area contributed by atoms with Crippen LogP contribution in [0.15, 0.2) is 78.9 Å². The van der Waals surface area contributed by atoms with Gasteiger partial charge in [0, 0.05) is 19.0 Å². The van der Waals surface area contributed by atoms with Gasteiger partial charge in [0.25, 0.3) is 0 Å². The van der Waals surface area contributed by atoms with Gasteiger partial charge in [-0.05, 0) is 60.2 Å². The topological polar surface area (TPSA) is 86.8 Å². The zero-order chi connectivity index (χ0) is 30.4. The average molecular weight is 582 g/mol. The number of benzene rings is 3. The molecule has 0 aliphatic rings. The minimum absolute atomic E-state index is 0.0112. The molecule has 0 radical (unpaired) electrons. The molecule has 0 unspecified atom stereocenters. The van der Waals surface area contributed by atoms with Gasteiger partial charge in [-0.3, -0.25) is 13.9 Å². The first-order valence-corrected chi connectivity index (χ1v) is 15.5. The number of hydrogen-bond donors (Lipinski definition) is 1. The average Bonchev–Trinajstić information content (AvgIpc) is 2.89. The van der Waals surface area contributed by atoms with Crippen LogP contribution in [0, 0.1) is 5.82 Å². The number of nitrogens with one attached hydrogen (secondary N) is 1. The molecule has 0 heterocycles. The van der Waals surface area contributed by atoms with Crippen LogP contribution >= 0.6 is 0 Å². The number of nitrogens with zero attached hydrogens (tertiary/aromatic N) is 2. The monoisotopic (exact) mass is 581 g/mol. The van der Waals surface area contributed by atoms with Gasteiger partial charge in [-0.15, -0.1) is 0 Å². The van der Waals surface area contributed by atoms with Crippen LogP contribution in [0.2, 0.25) is 0 Å². The van der Waals surface area contributed by atoms with E-state index in [1.807, 2.05) is 56.3 Å². The number of rotatable bonds is 11. The molecule has 0 bridgehead atoms. The van der Waals surface area contributed by atoms with Gasteiger partial charge in [0.15, 0.2) is 0 Å². The lowest BCUT2D eigenvalue weighted by atomic mass is 9.87. The molecule has 3 aromatic rings. The summed E-state index contributed by atoms with van der Waals surface area (Å²) in [6.45, 7) is 9.32. The molecule has 3 aromatic carbocycles. The first-order chi connectivity index (χ1) is 19.1. The van der Waals surface area contributed by atoms with Gasteiger partial charge in [0.05, 0.1) is 11.9 Å². The van der Waals surface area contributed by atoms with Crippen molar-refractivity contribution in [3.8, 4) is 0 Å². The van der Waals surface area contributed by atoms with E-state index in [2.05, 4.69) is 26.1 Å². The number of halogens is 1. The van der Waals surface area contributed by atoms with Gasteiger partial charge in [-0.1, -0.05) is 75.4 Å². The van der Waals surface area contributed by atoms with Gasteiger partial charge in [-0.25, -0.2) is 12.8 Å². The van der Waals surface area contributed by atoms with Crippen LogP contribution in [0.1, 0.15) is 51.3 Å². The van der Waals surface area contributed by atoms with E-state index in [9.17, 15) is 22.4 Å². The minimum atomic E-state index is -3.86. The standard InChI is InChI=1S/C32H40FN3O4S/c1-23(2)34-31(38)29(20-24-10-8-7-9-11-24)35(21-25-12-16-27(33)17-13-25)30(37)22-36(41(6,39)40)28-18-14-26(15-19-28)32(3,4)5/h7-19,23,29H,20-22H2,1-6H3,(H,34,38)/t29-/m1/s1. The van der Waals surface area contributed by atoms with Gasteiger partial charge in [0.1, 0.15) is 18.4 Å². The van der Waals surface area contributed by atoms with E-state index in [1.54, 1.807) is 24.3 Å². The fourth-order valence-electron chi connectivity index (χ4n) is 4.46. The van der Waals surface area contributed by atoms with Crippen LogP contribution in [0.4, 0.5) is 10.1 Å². The second-order valence-electron chi connectivity index (χ2n) is 11.6. The Bertz CT molecular complexity index is 1420. The highest BCUT2D eigenvalue weighted by Crippen LogP contribution is 2.26. The van der Waals surface area contributed by atoms with Gasteiger partial charge in [-0.2, -0.15) is 0 Å². The van der Waals surface area contributed by atoms with E-state index < -0.39 is 34.3 Å². The molecular formula is C32H40FN3O4S. The zero-order valence-electron chi connectivity index (χ0n) is 24.6. The number of hydrogen-bond acceptors (Lipinski definition) is 4. The molecule has 0 saturated heterocycles. The smallest absolute Gasteiger partial charge is 0.244 e. The van der Waals surface area contributed by atoms with E-state index in [-0.39, 0.29) is 30.3 Å². The molecule has 0 aliphatic heterocycles. The second kappa shape index (κ2) is 13.3. The summed E-state index contributed by atoms with van der Waals surface area (Å²) in [6, 6.07) is 20.9. The summed E-state index contributed by atoms with van der Waals surface area (Å²) in [4.78, 5) is 29.0. The SMILES string of the molecule is CC(C)NC(=O)[C@@H](Cc1ccccc1)N(Cc1ccc(F)cc1)C(=O)CN(c1ccc(C(C)(C)C)cc1)S(C)(=O)=O. The predicted molar refractivity (Wildman–Crippen MR) is 161 cm³/mol. The lowest BCUT2D eigenvalue weighted by Gasteiger charge is -2.34. The molecule has 0 fully saturated rings. The van der Waals surface area contributed by atoms with Crippen molar-refractivity contribution in [2.45, 2.75) is 65.1 Å². The highest BCUT2D eigenvalue weighted by molar-refractivity contribution is 7.92. The molecule has 0 spiro atoms. The molecule has 1 N–H and O–H groups in total. The third kappa shape index (κ3) is 9.14. The van der Waals surface area contributed by atoms with E-state index >= 15 is 0 Å². The fourth-order valence-corrected chi connectivity index (χ4v) is 5.31. The normalized spacial score (nSPS) is 12.6. The molecule has 0 aliphatic carbocycles. The van der Waals surface area contributed by atoms with Crippen molar-refractivity contribution in [3.05, 3.63) is 101 Å². The molecule has 220 valence electrons. The molecule has 7 nitrogen and oxygen atoms in total. The lowest BCUT2D eigenvalue weighted by molar-refractivity contribution is -0.140. The third-order valence-corrected chi connectivity index (χ3v) is 7.81. The van der Waals surface area contributed by atoms with Gasteiger partial charge < -0.3 is 10.2 Å². The molecule has 1 atom stereocenters. The van der Waals surface area contributed by atoms with Crippen LogP contribution in [0.25, 0.3) is 0 Å². The first-order valence-electron chi connectivity index (χ1n) is 13.6. The van der Waals surface area contributed by atoms with Crippen LogP contribution in [-0.2, 0) is 38.0 Å². The van der Waals surface area contributed by atoms with Gasteiger partial charge in [0.2, 0.25) is 21.8 Å². The number of carbonyl (C=O) groups excluding carboxylic acids is 2. The molecule has 3 rings (SSSR count). The second-order valence-corrected chi connectivity index (χ2v) is 13.5. The van der Waals surface area contributed by atoms with Crippen molar-refractivity contribution in [1.82, 2.24) is 10.2 Å². The van der Waals surface area contributed by atoms with E-state index in [0.717, 1.165) is 21.7 Å². The van der Waals surface area contributed by atoms with Crippen molar-refractivity contribution in [2.75, 3.05) is 17.1 Å². The highest BCUT2D eigenvalue weighted by Gasteiger charge is 2.33. The number of sulfonamides is 1. The Hall–Kier alpha value is -3.72. The summed E-state index contributed by atoms with van der Waals surface area (Å²) in [6.07, 6.45) is 1.26. The van der Waals surface area contributed by atoms with Crippen molar-refractivity contribution in [1.29, 1.82) is 0 Å². The van der Waals surface area contributed by atoms with Crippen LogP contribution in [-0.4, -0.2) is 50.0 Å². The molecule has 0 aromatic heterocycles. The minimum Gasteiger partial charge on any atom is -0.352 e. The maximum Gasteiger partial charge on any atom is 0.244 e. The summed E-state index contributed by atoms with van der Waals surface area (Å²) in [5.74, 6) is -1.34. The van der Waals surface area contributed by atoms with Crippen molar-refractivity contribution < 1.29 is 22.4 Å². The Balaban J connectivity index is 2.04. The highest BCUT2D eigenvalue weighted by atomic mass is 32.2. The molecule has 0 saturated carbocycles. The zero-order valence-corrected chi connectivity index (χ0v) is 25.4. The third-order valence-electron chi connectivity index (χ3n) is 6.67. The summed E-state index contributed by atoms with van der Waals surface area (Å²) in [5.41, 5.74) is 2.68. The van der Waals surface area contributed by atoms with Crippen LogP contribution < -0.4 is 9.62 Å². The van der Waals surface area contributed by atoms with Crippen LogP contribution in [0.5, 0.6) is 0 Å². The van der Waals surface area contributed by atoms with Gasteiger partial charge >= 0.3 is 0 Å². The summed E-state index contributed by atoms with van der Waals surface area (Å²) < 4.78 is 40.6. The molecule has 41 heavy (non-hydrogen) atoms. The Labute approximate surface area is 243 Å². The van der Waals surface area contributed by atoms with E-state index in [1.165, 1.54) is 17.0 Å². The number of carbonyl (C=O) groups is 2. The Morgan fingerprint density at radius 1 is 0.878 bits per heavy atom. The summed E-state index contributed by atoms with van der Waals surface area (Å²) in [7, 11) is -3.86. The largest absolute Gasteiger partial charge is 0.352 e. The first kappa shape index (κ1) is 31.8. The predicted octanol–water partition coefficient (Wildman–Crippen LogP) is 5.05. The fraction of sp³-hybridized carbons (Fsp3) is 0.375. The number of amides is 2.